The zero-order valence-electron chi connectivity index (χ0n) is 15.1. The van der Waals surface area contributed by atoms with Gasteiger partial charge >= 0.3 is 0 Å². The van der Waals surface area contributed by atoms with Crippen molar-refractivity contribution >= 4 is 17.8 Å². The van der Waals surface area contributed by atoms with Gasteiger partial charge in [0.15, 0.2) is 0 Å². The second-order valence-corrected chi connectivity index (χ2v) is 6.16. The number of hydrogen-bond donors (Lipinski definition) is 2. The van der Waals surface area contributed by atoms with Crippen molar-refractivity contribution in [2.75, 3.05) is 5.73 Å². The van der Waals surface area contributed by atoms with Crippen LogP contribution < -0.4 is 15.9 Å². The maximum Gasteiger partial charge on any atom is 0.271 e. The van der Waals surface area contributed by atoms with Crippen LogP contribution in [0.2, 0.25) is 0 Å². The van der Waals surface area contributed by atoms with Gasteiger partial charge in [-0.1, -0.05) is 29.8 Å². The summed E-state index contributed by atoms with van der Waals surface area (Å²) < 4.78 is 5.77. The van der Waals surface area contributed by atoms with Gasteiger partial charge in [0.2, 0.25) is 0 Å². The van der Waals surface area contributed by atoms with Crippen LogP contribution in [0.5, 0.6) is 5.75 Å². The van der Waals surface area contributed by atoms with Gasteiger partial charge in [0.25, 0.3) is 5.91 Å². The van der Waals surface area contributed by atoms with E-state index in [1.165, 1.54) is 5.56 Å². The van der Waals surface area contributed by atoms with E-state index in [2.05, 4.69) is 41.7 Å². The van der Waals surface area contributed by atoms with Crippen molar-refractivity contribution in [3.05, 3.63) is 95.1 Å². The van der Waals surface area contributed by atoms with Crippen molar-refractivity contribution < 1.29 is 9.53 Å². The van der Waals surface area contributed by atoms with Crippen LogP contribution in [0.15, 0.2) is 77.9 Å². The predicted octanol–water partition coefficient (Wildman–Crippen LogP) is 3.92. The molecule has 0 aliphatic heterocycles. The normalized spacial score (nSPS) is 10.7. The summed E-state index contributed by atoms with van der Waals surface area (Å²) >= 11 is 0. The number of anilines is 1. The summed E-state index contributed by atoms with van der Waals surface area (Å²) in [4.78, 5) is 12.0. The summed E-state index contributed by atoms with van der Waals surface area (Å²) in [6, 6.07) is 22.4. The SMILES string of the molecule is Cc1ccc(COc2ccc(/C=N\NC(=O)c3ccc(N)cc3)cc2)cc1. The van der Waals surface area contributed by atoms with E-state index in [-0.39, 0.29) is 5.91 Å². The lowest BCUT2D eigenvalue weighted by molar-refractivity contribution is 0.0955. The first-order valence-corrected chi connectivity index (χ1v) is 8.57. The number of rotatable bonds is 6. The van der Waals surface area contributed by atoms with Crippen molar-refractivity contribution in [3.8, 4) is 5.75 Å². The highest BCUT2D eigenvalue weighted by Gasteiger charge is 2.03. The van der Waals surface area contributed by atoms with E-state index >= 15 is 0 Å². The number of amides is 1. The molecule has 5 heteroatoms. The molecule has 0 aliphatic carbocycles. The van der Waals surface area contributed by atoms with Gasteiger partial charge < -0.3 is 10.5 Å². The van der Waals surface area contributed by atoms with E-state index in [1.54, 1.807) is 30.5 Å². The van der Waals surface area contributed by atoms with Crippen molar-refractivity contribution in [2.45, 2.75) is 13.5 Å². The van der Waals surface area contributed by atoms with Gasteiger partial charge in [-0.25, -0.2) is 5.43 Å². The Morgan fingerprint density at radius 3 is 2.33 bits per heavy atom. The molecule has 0 aromatic heterocycles. The number of nitrogens with two attached hydrogens (primary N) is 1. The molecule has 27 heavy (non-hydrogen) atoms. The van der Waals surface area contributed by atoms with Crippen LogP contribution in [0.1, 0.15) is 27.0 Å². The number of nitrogens with zero attached hydrogens (tertiary/aromatic N) is 1. The molecular formula is C22H21N3O2. The van der Waals surface area contributed by atoms with Crippen LogP contribution in [0.3, 0.4) is 0 Å². The van der Waals surface area contributed by atoms with Gasteiger partial charge in [-0.05, 0) is 66.6 Å². The van der Waals surface area contributed by atoms with Gasteiger partial charge in [-0.15, -0.1) is 0 Å². The third kappa shape index (κ3) is 5.44. The van der Waals surface area contributed by atoms with Crippen molar-refractivity contribution in [2.24, 2.45) is 5.10 Å². The Hall–Kier alpha value is -3.60. The monoisotopic (exact) mass is 359 g/mol. The molecular weight excluding hydrogens is 338 g/mol. The quantitative estimate of drug-likeness (QED) is 0.398. The number of hydrogen-bond acceptors (Lipinski definition) is 4. The van der Waals surface area contributed by atoms with Crippen LogP contribution in [0, 0.1) is 6.92 Å². The Labute approximate surface area is 158 Å². The largest absolute Gasteiger partial charge is 0.489 e. The van der Waals surface area contributed by atoms with Crippen LogP contribution in [0.4, 0.5) is 5.69 Å². The summed E-state index contributed by atoms with van der Waals surface area (Å²) in [5.74, 6) is 0.489. The number of benzene rings is 3. The number of nitrogen functional groups attached to an aromatic ring is 1. The molecule has 3 aromatic rings. The van der Waals surface area contributed by atoms with Gasteiger partial charge in [0, 0.05) is 11.3 Å². The van der Waals surface area contributed by atoms with Gasteiger partial charge in [0.1, 0.15) is 12.4 Å². The molecule has 0 heterocycles. The average Bonchev–Trinajstić information content (AvgIpc) is 2.69. The molecule has 0 unspecified atom stereocenters. The highest BCUT2D eigenvalue weighted by Crippen LogP contribution is 2.14. The predicted molar refractivity (Wildman–Crippen MR) is 108 cm³/mol. The lowest BCUT2D eigenvalue weighted by Gasteiger charge is -2.07. The minimum absolute atomic E-state index is 0.288. The zero-order chi connectivity index (χ0) is 19.1. The second-order valence-electron chi connectivity index (χ2n) is 6.16. The third-order valence-corrected chi connectivity index (χ3v) is 3.96. The summed E-state index contributed by atoms with van der Waals surface area (Å²) in [7, 11) is 0. The van der Waals surface area contributed by atoms with E-state index in [9.17, 15) is 4.79 Å². The van der Waals surface area contributed by atoms with Crippen molar-refractivity contribution in [3.63, 3.8) is 0 Å². The summed E-state index contributed by atoms with van der Waals surface area (Å²) in [5.41, 5.74) is 12.4. The molecule has 3 N–H and O–H groups in total. The number of carbonyl (C=O) groups is 1. The van der Waals surface area contributed by atoms with Gasteiger partial charge in [-0.3, -0.25) is 4.79 Å². The zero-order valence-corrected chi connectivity index (χ0v) is 15.1. The number of hydrazone groups is 1. The molecule has 0 aliphatic rings. The van der Waals surface area contributed by atoms with E-state index in [0.717, 1.165) is 16.9 Å². The molecule has 3 aromatic carbocycles. The van der Waals surface area contributed by atoms with Crippen molar-refractivity contribution in [1.82, 2.24) is 5.43 Å². The Bertz CT molecular complexity index is 915. The topological polar surface area (TPSA) is 76.7 Å². The van der Waals surface area contributed by atoms with E-state index in [0.29, 0.717) is 17.9 Å². The van der Waals surface area contributed by atoms with Crippen LogP contribution in [0.25, 0.3) is 0 Å². The molecule has 3 rings (SSSR count). The smallest absolute Gasteiger partial charge is 0.271 e. The number of carbonyl (C=O) groups excluding carboxylic acids is 1. The number of aryl methyl sites for hydroxylation is 1. The Morgan fingerprint density at radius 1 is 1.00 bits per heavy atom. The molecule has 0 atom stereocenters. The molecule has 5 nitrogen and oxygen atoms in total. The van der Waals surface area contributed by atoms with Crippen LogP contribution >= 0.6 is 0 Å². The fourth-order valence-electron chi connectivity index (χ4n) is 2.37. The average molecular weight is 359 g/mol. The molecule has 0 bridgehead atoms. The molecule has 136 valence electrons. The lowest BCUT2D eigenvalue weighted by atomic mass is 10.2. The number of ether oxygens (including phenoxy) is 1. The highest BCUT2D eigenvalue weighted by atomic mass is 16.5. The van der Waals surface area contributed by atoms with Crippen molar-refractivity contribution in [1.29, 1.82) is 0 Å². The lowest BCUT2D eigenvalue weighted by Crippen LogP contribution is -2.17. The fourth-order valence-corrected chi connectivity index (χ4v) is 2.37. The minimum atomic E-state index is -0.288. The first-order chi connectivity index (χ1) is 13.1. The molecule has 1 amide bonds. The fraction of sp³-hybridized carbons (Fsp3) is 0.0909. The van der Waals surface area contributed by atoms with Crippen LogP contribution in [-0.4, -0.2) is 12.1 Å². The first-order valence-electron chi connectivity index (χ1n) is 8.57. The standard InChI is InChI=1S/C22H21N3O2/c1-16-2-4-18(5-3-16)15-27-21-12-6-17(7-13-21)14-24-25-22(26)19-8-10-20(23)11-9-19/h2-14H,15,23H2,1H3,(H,25,26)/b24-14-. The van der Waals surface area contributed by atoms with Gasteiger partial charge in [0.05, 0.1) is 6.21 Å². The van der Waals surface area contributed by atoms with E-state index < -0.39 is 0 Å². The first kappa shape index (κ1) is 18.2. The Balaban J connectivity index is 1.50. The molecule has 0 spiro atoms. The second kappa shape index (κ2) is 8.67. The molecule has 0 radical (unpaired) electrons. The summed E-state index contributed by atoms with van der Waals surface area (Å²) in [6.07, 6.45) is 1.58. The Morgan fingerprint density at radius 2 is 1.67 bits per heavy atom. The molecule has 0 saturated carbocycles. The van der Waals surface area contributed by atoms with E-state index in [4.69, 9.17) is 10.5 Å². The number of nitrogens with one attached hydrogen (secondary N) is 1. The maximum atomic E-state index is 12.0. The Kier molecular flexibility index (Phi) is 5.84. The summed E-state index contributed by atoms with van der Waals surface area (Å²) in [6.45, 7) is 2.58. The highest BCUT2D eigenvalue weighted by molar-refractivity contribution is 5.95. The van der Waals surface area contributed by atoms with Gasteiger partial charge in [-0.2, -0.15) is 5.10 Å². The summed E-state index contributed by atoms with van der Waals surface area (Å²) in [5, 5.41) is 3.98. The molecule has 0 fully saturated rings. The third-order valence-electron chi connectivity index (χ3n) is 3.96. The van der Waals surface area contributed by atoms with E-state index in [1.807, 2.05) is 24.3 Å². The minimum Gasteiger partial charge on any atom is -0.489 e. The van der Waals surface area contributed by atoms with Crippen LogP contribution in [-0.2, 0) is 6.61 Å². The maximum absolute atomic E-state index is 12.0. The molecule has 0 saturated heterocycles.